The van der Waals surface area contributed by atoms with E-state index >= 15 is 0 Å². The van der Waals surface area contributed by atoms with Crippen LogP contribution in [0, 0.1) is 12.8 Å². The molecule has 1 aliphatic carbocycles. The first kappa shape index (κ1) is 12.1. The van der Waals surface area contributed by atoms with Crippen LogP contribution < -0.4 is 5.32 Å². The summed E-state index contributed by atoms with van der Waals surface area (Å²) in [7, 11) is 0. The normalized spacial score (nSPS) is 18.7. The Labute approximate surface area is 102 Å². The predicted octanol–water partition coefficient (Wildman–Crippen LogP) is 2.29. The molecule has 0 aromatic heterocycles. The summed E-state index contributed by atoms with van der Waals surface area (Å²) < 4.78 is 0. The van der Waals surface area contributed by atoms with Gasteiger partial charge in [-0.15, -0.1) is 0 Å². The van der Waals surface area contributed by atoms with Gasteiger partial charge < -0.3 is 5.11 Å². The summed E-state index contributed by atoms with van der Waals surface area (Å²) in [5, 5.41) is 12.7. The quantitative estimate of drug-likeness (QED) is 0.820. The minimum absolute atomic E-state index is 0.665. The van der Waals surface area contributed by atoms with Crippen molar-refractivity contribution in [1.29, 1.82) is 0 Å². The summed E-state index contributed by atoms with van der Waals surface area (Å²) in [6, 6.07) is 7.67. The third-order valence-electron chi connectivity index (χ3n) is 3.55. The van der Waals surface area contributed by atoms with E-state index in [4.69, 9.17) is 0 Å². The van der Waals surface area contributed by atoms with E-state index in [0.717, 1.165) is 17.7 Å². The number of hydrogen-bond donors (Lipinski definition) is 2. The summed E-state index contributed by atoms with van der Waals surface area (Å²) in [5.41, 5.74) is 0.891. The van der Waals surface area contributed by atoms with Crippen molar-refractivity contribution >= 4 is 5.97 Å². The molecule has 1 fully saturated rings. The monoisotopic (exact) mass is 233 g/mol. The van der Waals surface area contributed by atoms with Crippen molar-refractivity contribution in [3.63, 3.8) is 0 Å². The number of aryl methyl sites for hydroxylation is 1. The highest BCUT2D eigenvalue weighted by Gasteiger charge is 2.37. The van der Waals surface area contributed by atoms with Crippen molar-refractivity contribution in [1.82, 2.24) is 5.32 Å². The molecule has 1 aromatic rings. The number of nitrogens with one attached hydrogen (secondary N) is 1. The Morgan fingerprint density at radius 2 is 2.12 bits per heavy atom. The molecule has 92 valence electrons. The zero-order chi connectivity index (χ0) is 12.5. The highest BCUT2D eigenvalue weighted by Crippen LogP contribution is 2.30. The molecule has 1 aromatic carbocycles. The average molecular weight is 233 g/mol. The van der Waals surface area contributed by atoms with Gasteiger partial charge in [0.1, 0.15) is 5.54 Å². The molecule has 1 atom stereocenters. The Bertz CT molecular complexity index is 426. The molecule has 0 saturated heterocycles. The van der Waals surface area contributed by atoms with E-state index in [0.29, 0.717) is 5.92 Å². The highest BCUT2D eigenvalue weighted by atomic mass is 16.4. The molecule has 3 nitrogen and oxygen atoms in total. The van der Waals surface area contributed by atoms with Crippen LogP contribution in [0.5, 0.6) is 0 Å². The first-order chi connectivity index (χ1) is 8.04. The van der Waals surface area contributed by atoms with Gasteiger partial charge in [0.25, 0.3) is 0 Å². The lowest BCUT2D eigenvalue weighted by Gasteiger charge is -2.28. The van der Waals surface area contributed by atoms with Gasteiger partial charge in [0, 0.05) is 0 Å². The molecule has 1 unspecified atom stereocenters. The average Bonchev–Trinajstić information content (AvgIpc) is 3.10. The van der Waals surface area contributed by atoms with Crippen LogP contribution >= 0.6 is 0 Å². The summed E-state index contributed by atoms with van der Waals surface area (Å²) in [5.74, 6) is -0.148. The third kappa shape index (κ3) is 2.50. The van der Waals surface area contributed by atoms with Crippen LogP contribution in [-0.4, -0.2) is 17.6 Å². The molecule has 0 amide bonds. The van der Waals surface area contributed by atoms with E-state index in [1.54, 1.807) is 6.92 Å². The van der Waals surface area contributed by atoms with Gasteiger partial charge >= 0.3 is 5.97 Å². The Kier molecular flexibility index (Phi) is 3.20. The minimum Gasteiger partial charge on any atom is -0.480 e. The molecule has 3 heteroatoms. The van der Waals surface area contributed by atoms with Crippen molar-refractivity contribution in [2.45, 2.75) is 32.2 Å². The van der Waals surface area contributed by atoms with Crippen molar-refractivity contribution in [2.75, 3.05) is 6.54 Å². The zero-order valence-corrected chi connectivity index (χ0v) is 10.4. The second-order valence-electron chi connectivity index (χ2n) is 5.07. The number of carboxylic acid groups (broad SMARTS) is 1. The van der Waals surface area contributed by atoms with Gasteiger partial charge in [0.15, 0.2) is 0 Å². The smallest absolute Gasteiger partial charge is 0.328 e. The van der Waals surface area contributed by atoms with Gasteiger partial charge in [-0.2, -0.15) is 0 Å². The van der Waals surface area contributed by atoms with Crippen LogP contribution in [0.4, 0.5) is 0 Å². The fraction of sp³-hybridized carbons (Fsp3) is 0.500. The maximum Gasteiger partial charge on any atom is 0.328 e. The Morgan fingerprint density at radius 1 is 1.47 bits per heavy atom. The second-order valence-corrected chi connectivity index (χ2v) is 5.07. The molecule has 2 N–H and O–H groups in total. The van der Waals surface area contributed by atoms with Crippen LogP contribution in [0.15, 0.2) is 24.3 Å². The van der Waals surface area contributed by atoms with Crippen LogP contribution in [0.3, 0.4) is 0 Å². The fourth-order valence-electron chi connectivity index (χ4n) is 2.09. The maximum atomic E-state index is 11.5. The van der Waals surface area contributed by atoms with Crippen LogP contribution in [-0.2, 0) is 10.3 Å². The molecular weight excluding hydrogens is 214 g/mol. The van der Waals surface area contributed by atoms with Gasteiger partial charge in [-0.25, -0.2) is 4.79 Å². The number of rotatable bonds is 5. The minimum atomic E-state index is -0.978. The summed E-state index contributed by atoms with van der Waals surface area (Å²) in [6.45, 7) is 4.49. The van der Waals surface area contributed by atoms with E-state index in [1.165, 1.54) is 12.8 Å². The molecule has 0 spiro atoms. The van der Waals surface area contributed by atoms with Gasteiger partial charge in [0.2, 0.25) is 0 Å². The van der Waals surface area contributed by atoms with Crippen LogP contribution in [0.25, 0.3) is 0 Å². The summed E-state index contributed by atoms with van der Waals surface area (Å²) in [6.07, 6.45) is 2.44. The van der Waals surface area contributed by atoms with E-state index in [2.05, 4.69) is 5.32 Å². The van der Waals surface area contributed by atoms with Crippen molar-refractivity contribution in [2.24, 2.45) is 5.92 Å². The molecule has 17 heavy (non-hydrogen) atoms. The first-order valence-corrected chi connectivity index (χ1v) is 6.08. The summed E-state index contributed by atoms with van der Waals surface area (Å²) >= 11 is 0. The standard InChI is InChI=1S/C14H19NO2/c1-10-5-3-4-6-12(10)14(2,13(16)17)15-9-11-7-8-11/h3-6,11,15H,7-9H2,1-2H3,(H,16,17). The first-order valence-electron chi connectivity index (χ1n) is 6.08. The number of aliphatic carboxylic acids is 1. The number of hydrogen-bond acceptors (Lipinski definition) is 2. The fourth-order valence-corrected chi connectivity index (χ4v) is 2.09. The third-order valence-corrected chi connectivity index (χ3v) is 3.55. The second kappa shape index (κ2) is 4.49. The Balaban J connectivity index is 2.25. The van der Waals surface area contributed by atoms with E-state index < -0.39 is 11.5 Å². The predicted molar refractivity (Wildman–Crippen MR) is 66.9 cm³/mol. The molecular formula is C14H19NO2. The lowest BCUT2D eigenvalue weighted by Crippen LogP contribution is -2.47. The van der Waals surface area contributed by atoms with E-state index in [9.17, 15) is 9.90 Å². The Hall–Kier alpha value is -1.35. The van der Waals surface area contributed by atoms with Crippen molar-refractivity contribution in [3.8, 4) is 0 Å². The van der Waals surface area contributed by atoms with Gasteiger partial charge in [0.05, 0.1) is 0 Å². The van der Waals surface area contributed by atoms with Crippen molar-refractivity contribution in [3.05, 3.63) is 35.4 Å². The largest absolute Gasteiger partial charge is 0.480 e. The number of carbonyl (C=O) groups is 1. The van der Waals surface area contributed by atoms with E-state index in [1.807, 2.05) is 31.2 Å². The molecule has 0 radical (unpaired) electrons. The molecule has 1 aliphatic rings. The maximum absolute atomic E-state index is 11.5. The van der Waals surface area contributed by atoms with Crippen LogP contribution in [0.1, 0.15) is 30.9 Å². The lowest BCUT2D eigenvalue weighted by atomic mass is 9.88. The number of carboxylic acids is 1. The van der Waals surface area contributed by atoms with Gasteiger partial charge in [-0.3, -0.25) is 5.32 Å². The number of benzene rings is 1. The topological polar surface area (TPSA) is 49.3 Å². The van der Waals surface area contributed by atoms with Gasteiger partial charge in [-0.05, 0) is 50.3 Å². The molecule has 1 saturated carbocycles. The Morgan fingerprint density at radius 3 is 2.65 bits per heavy atom. The van der Waals surface area contributed by atoms with Crippen molar-refractivity contribution < 1.29 is 9.90 Å². The molecule has 2 rings (SSSR count). The molecule has 0 bridgehead atoms. The van der Waals surface area contributed by atoms with Gasteiger partial charge in [-0.1, -0.05) is 24.3 Å². The molecule has 0 aliphatic heterocycles. The van der Waals surface area contributed by atoms with E-state index in [-0.39, 0.29) is 0 Å². The molecule has 0 heterocycles. The zero-order valence-electron chi connectivity index (χ0n) is 10.4. The SMILES string of the molecule is Cc1ccccc1C(C)(NCC1CC1)C(=O)O. The lowest BCUT2D eigenvalue weighted by molar-refractivity contribution is -0.144. The highest BCUT2D eigenvalue weighted by molar-refractivity contribution is 5.80. The van der Waals surface area contributed by atoms with Crippen LogP contribution in [0.2, 0.25) is 0 Å². The summed E-state index contributed by atoms with van der Waals surface area (Å²) in [4.78, 5) is 11.5.